The van der Waals surface area contributed by atoms with E-state index in [0.29, 0.717) is 5.92 Å². The molecule has 0 amide bonds. The molecule has 1 saturated heterocycles. The summed E-state index contributed by atoms with van der Waals surface area (Å²) < 4.78 is 69.6. The van der Waals surface area contributed by atoms with E-state index < -0.39 is 30.4 Å². The zero-order valence-corrected chi connectivity index (χ0v) is 20.5. The highest BCUT2D eigenvalue weighted by Crippen LogP contribution is 2.31. The van der Waals surface area contributed by atoms with Crippen LogP contribution in [0.25, 0.3) is 0 Å². The van der Waals surface area contributed by atoms with Crippen LogP contribution in [-0.4, -0.2) is 75.2 Å². The van der Waals surface area contributed by atoms with Gasteiger partial charge < -0.3 is 20.1 Å². The highest BCUT2D eigenvalue weighted by Gasteiger charge is 2.39. The second kappa shape index (κ2) is 14.1. The standard InChI is InChI=1S/C21H26N2O2.2C2HF3O2/c24-21(19-6-3-4-12-22-19)17-10-13-23(14-11-17)15-18-9-8-16-5-1-2-7-20(16)25-18;2*3-2(4,5)1(6)7/h1-7,12,17-18,21,24H,8-11,13-15H2;2*(H,6,7). The summed E-state index contributed by atoms with van der Waals surface area (Å²) in [5.41, 5.74) is 2.13. The lowest BCUT2D eigenvalue weighted by molar-refractivity contribution is -0.193. The van der Waals surface area contributed by atoms with Crippen LogP contribution in [0, 0.1) is 5.92 Å². The van der Waals surface area contributed by atoms with Gasteiger partial charge in [0.2, 0.25) is 0 Å². The summed E-state index contributed by atoms with van der Waals surface area (Å²) in [7, 11) is 0. The van der Waals surface area contributed by atoms with Crippen LogP contribution in [-0.2, 0) is 16.0 Å². The van der Waals surface area contributed by atoms with E-state index in [1.807, 2.05) is 24.3 Å². The molecule has 39 heavy (non-hydrogen) atoms. The number of piperidine rings is 1. The molecule has 8 nitrogen and oxygen atoms in total. The van der Waals surface area contributed by atoms with E-state index in [1.165, 1.54) is 5.56 Å². The number of aromatic nitrogens is 1. The van der Waals surface area contributed by atoms with Crippen molar-refractivity contribution in [3.8, 4) is 5.75 Å². The van der Waals surface area contributed by atoms with Gasteiger partial charge in [-0.25, -0.2) is 9.59 Å². The molecule has 1 aromatic carbocycles. The Kier molecular flexibility index (Phi) is 11.5. The molecule has 1 aromatic heterocycles. The first-order valence-corrected chi connectivity index (χ1v) is 11.8. The average Bonchev–Trinajstić information content (AvgIpc) is 2.89. The van der Waals surface area contributed by atoms with Gasteiger partial charge in [-0.1, -0.05) is 24.3 Å². The van der Waals surface area contributed by atoms with Crippen molar-refractivity contribution in [2.24, 2.45) is 5.92 Å². The lowest BCUT2D eigenvalue weighted by Crippen LogP contribution is -2.42. The molecule has 2 atom stereocenters. The first-order valence-electron chi connectivity index (χ1n) is 11.8. The minimum Gasteiger partial charge on any atom is -0.489 e. The van der Waals surface area contributed by atoms with Gasteiger partial charge >= 0.3 is 24.3 Å². The third-order valence-electron chi connectivity index (χ3n) is 6.02. The Hall–Kier alpha value is -3.39. The summed E-state index contributed by atoms with van der Waals surface area (Å²) in [4.78, 5) is 24.6. The highest BCUT2D eigenvalue weighted by atomic mass is 19.4. The summed E-state index contributed by atoms with van der Waals surface area (Å²) in [6.07, 6.45) is -4.34. The van der Waals surface area contributed by atoms with Gasteiger partial charge in [-0.05, 0) is 68.5 Å². The van der Waals surface area contributed by atoms with Crippen molar-refractivity contribution in [1.82, 2.24) is 9.88 Å². The number of benzene rings is 1. The van der Waals surface area contributed by atoms with E-state index in [1.54, 1.807) is 6.20 Å². The fourth-order valence-corrected chi connectivity index (χ4v) is 4.04. The quantitative estimate of drug-likeness (QED) is 0.464. The van der Waals surface area contributed by atoms with Crippen molar-refractivity contribution in [3.63, 3.8) is 0 Å². The number of rotatable bonds is 4. The molecular formula is C25H28F6N2O6. The smallest absolute Gasteiger partial charge is 0.489 e. The summed E-state index contributed by atoms with van der Waals surface area (Å²) in [5, 5.41) is 24.8. The van der Waals surface area contributed by atoms with Gasteiger partial charge in [-0.15, -0.1) is 0 Å². The number of likely N-dealkylation sites (tertiary alicyclic amines) is 1. The van der Waals surface area contributed by atoms with Gasteiger partial charge in [-0.2, -0.15) is 26.3 Å². The van der Waals surface area contributed by atoms with E-state index in [-0.39, 0.29) is 6.10 Å². The Bertz CT molecular complexity index is 1040. The van der Waals surface area contributed by atoms with Gasteiger partial charge in [0.05, 0.1) is 11.8 Å². The number of ether oxygens (including phenoxy) is 1. The lowest BCUT2D eigenvalue weighted by atomic mass is 9.89. The van der Waals surface area contributed by atoms with Crippen molar-refractivity contribution in [1.29, 1.82) is 0 Å². The third kappa shape index (κ3) is 10.7. The Balaban J connectivity index is 0.000000317. The molecule has 3 N–H and O–H groups in total. The maximum atomic E-state index is 10.6. The Morgan fingerprint density at radius 1 is 0.923 bits per heavy atom. The van der Waals surface area contributed by atoms with Gasteiger partial charge in [0.15, 0.2) is 0 Å². The number of nitrogens with zero attached hydrogens (tertiary/aromatic N) is 2. The molecule has 216 valence electrons. The van der Waals surface area contributed by atoms with Crippen LogP contribution in [0.3, 0.4) is 0 Å². The molecular weight excluding hydrogens is 538 g/mol. The molecule has 0 aliphatic carbocycles. The number of aliphatic hydroxyl groups excluding tert-OH is 1. The second-order valence-electron chi connectivity index (χ2n) is 8.83. The van der Waals surface area contributed by atoms with Crippen LogP contribution in [0.15, 0.2) is 48.7 Å². The second-order valence-corrected chi connectivity index (χ2v) is 8.83. The number of fused-ring (bicyclic) bond motifs is 1. The van der Waals surface area contributed by atoms with Crippen molar-refractivity contribution in [2.75, 3.05) is 19.6 Å². The summed E-state index contributed by atoms with van der Waals surface area (Å²) in [5.74, 6) is -4.15. The molecule has 1 fully saturated rings. The van der Waals surface area contributed by atoms with Crippen LogP contribution in [0.5, 0.6) is 5.75 Å². The van der Waals surface area contributed by atoms with Gasteiger partial charge in [0.1, 0.15) is 11.9 Å². The maximum absolute atomic E-state index is 10.6. The number of carboxylic acid groups (broad SMARTS) is 2. The average molecular weight is 566 g/mol. The van der Waals surface area contributed by atoms with Crippen molar-refractivity contribution >= 4 is 11.9 Å². The maximum Gasteiger partial charge on any atom is 0.490 e. The molecule has 4 rings (SSSR count). The summed E-state index contributed by atoms with van der Waals surface area (Å²) in [6, 6.07) is 14.1. The molecule has 2 unspecified atom stereocenters. The van der Waals surface area contributed by atoms with Crippen LogP contribution < -0.4 is 4.74 Å². The Labute approximate surface area is 219 Å². The van der Waals surface area contributed by atoms with Crippen LogP contribution in [0.2, 0.25) is 0 Å². The number of hydrogen-bond acceptors (Lipinski definition) is 6. The number of aliphatic hydroxyl groups is 1. The fourth-order valence-electron chi connectivity index (χ4n) is 4.04. The Morgan fingerprint density at radius 2 is 1.46 bits per heavy atom. The predicted molar refractivity (Wildman–Crippen MR) is 125 cm³/mol. The highest BCUT2D eigenvalue weighted by molar-refractivity contribution is 5.73. The van der Waals surface area contributed by atoms with Gasteiger partial charge in [0.25, 0.3) is 0 Å². The van der Waals surface area contributed by atoms with E-state index >= 15 is 0 Å². The topological polar surface area (TPSA) is 120 Å². The van der Waals surface area contributed by atoms with E-state index in [0.717, 1.165) is 56.8 Å². The molecule has 2 aromatic rings. The molecule has 2 aliphatic heterocycles. The molecule has 3 heterocycles. The van der Waals surface area contributed by atoms with Gasteiger partial charge in [-0.3, -0.25) is 9.88 Å². The summed E-state index contributed by atoms with van der Waals surface area (Å²) >= 11 is 0. The first-order chi connectivity index (χ1) is 18.2. The number of carbonyl (C=O) groups is 2. The zero-order valence-electron chi connectivity index (χ0n) is 20.5. The zero-order chi connectivity index (χ0) is 29.2. The lowest BCUT2D eigenvalue weighted by Gasteiger charge is -2.37. The minimum atomic E-state index is -5.08. The number of hydrogen-bond donors (Lipinski definition) is 3. The molecule has 0 saturated carbocycles. The third-order valence-corrected chi connectivity index (χ3v) is 6.02. The number of halogens is 6. The van der Waals surface area contributed by atoms with Gasteiger partial charge in [0, 0.05) is 12.7 Å². The fraction of sp³-hybridized carbons (Fsp3) is 0.480. The van der Waals surface area contributed by atoms with Crippen LogP contribution in [0.4, 0.5) is 26.3 Å². The number of pyridine rings is 1. The molecule has 0 bridgehead atoms. The Morgan fingerprint density at radius 3 is 1.97 bits per heavy atom. The van der Waals surface area contributed by atoms with E-state index in [4.69, 9.17) is 24.5 Å². The predicted octanol–water partition coefficient (Wildman–Crippen LogP) is 4.49. The SMILES string of the molecule is O=C(O)C(F)(F)F.O=C(O)C(F)(F)F.OC(c1ccccn1)C1CCN(CC2CCc3ccccc3O2)CC1. The minimum absolute atomic E-state index is 0.284. The van der Waals surface area contributed by atoms with Crippen LogP contribution in [0.1, 0.15) is 36.6 Å². The molecule has 0 spiro atoms. The number of alkyl halides is 6. The van der Waals surface area contributed by atoms with E-state index in [2.05, 4.69) is 28.1 Å². The largest absolute Gasteiger partial charge is 0.490 e. The normalized spacial score (nSPS) is 18.7. The van der Waals surface area contributed by atoms with Crippen molar-refractivity contribution in [2.45, 2.75) is 50.2 Å². The summed E-state index contributed by atoms with van der Waals surface area (Å²) in [6.45, 7) is 3.03. The molecule has 0 radical (unpaired) electrons. The van der Waals surface area contributed by atoms with E-state index in [9.17, 15) is 31.4 Å². The number of aryl methyl sites for hydroxylation is 1. The number of carboxylic acids is 2. The molecule has 14 heteroatoms. The monoisotopic (exact) mass is 566 g/mol. The van der Waals surface area contributed by atoms with Crippen molar-refractivity contribution < 1.29 is 56.0 Å². The number of para-hydroxylation sites is 1. The van der Waals surface area contributed by atoms with Crippen molar-refractivity contribution in [3.05, 3.63) is 59.9 Å². The first kappa shape index (κ1) is 31.8. The molecule has 2 aliphatic rings. The number of aliphatic carboxylic acids is 2. The van der Waals surface area contributed by atoms with Crippen LogP contribution >= 0.6 is 0 Å².